The van der Waals surface area contributed by atoms with Crippen LogP contribution in [-0.4, -0.2) is 166 Å². The summed E-state index contributed by atoms with van der Waals surface area (Å²) in [4.78, 5) is 49.8. The van der Waals surface area contributed by atoms with Crippen molar-refractivity contribution in [2.24, 2.45) is 0 Å². The molecule has 0 fully saturated rings. The molecule has 0 amide bonds. The minimum absolute atomic E-state index is 0. The largest absolute Gasteiger partial charge is 0.481 e. The molecule has 0 saturated heterocycles. The summed E-state index contributed by atoms with van der Waals surface area (Å²) in [5, 5.41) is 49.6. The van der Waals surface area contributed by atoms with Crippen molar-refractivity contribution in [3.8, 4) is 0 Å². The average Bonchev–Trinajstić information content (AvgIpc) is 2.24. The molecule has 0 unspecified atom stereocenters. The Bertz CT molecular complexity index is 410. The first kappa shape index (κ1) is 45.2. The van der Waals surface area contributed by atoms with Crippen LogP contribution in [0.15, 0.2) is 0 Å². The number of carbonyl (C=O) groups is 5. The molecule has 0 heterocycles. The molecule has 0 aromatic rings. The maximum Gasteiger partial charge on any atom is 0.336 e. The SMILES string of the molecule is O.O.O=C(O)CC(O)(CC(=O)O)C(=O)O.O=C(O)CCC(=O)O.[Na].[Na].[Na]. The third-order valence-electron chi connectivity index (χ3n) is 1.84. The fraction of sp³-hybridized carbons (Fsp3) is 0.500. The smallest absolute Gasteiger partial charge is 0.336 e. The maximum atomic E-state index is 10.3. The molecular weight excluding hydrogens is 397 g/mol. The molecule has 0 spiro atoms. The summed E-state index contributed by atoms with van der Waals surface area (Å²) in [6.07, 6.45) is -2.88. The van der Waals surface area contributed by atoms with Crippen LogP contribution in [0.5, 0.6) is 0 Å². The predicted octanol–water partition coefficient (Wildman–Crippen LogP) is -4.10. The van der Waals surface area contributed by atoms with Crippen LogP contribution in [0.3, 0.4) is 0 Å². The number of aliphatic carboxylic acids is 5. The van der Waals surface area contributed by atoms with Gasteiger partial charge in [0.25, 0.3) is 0 Å². The number of carboxylic acid groups (broad SMARTS) is 5. The molecule has 0 aliphatic carbocycles. The number of hydrogen-bond acceptors (Lipinski definition) is 6. The van der Waals surface area contributed by atoms with Crippen molar-refractivity contribution in [3.63, 3.8) is 0 Å². The van der Waals surface area contributed by atoms with E-state index >= 15 is 0 Å². The third-order valence-corrected chi connectivity index (χ3v) is 1.84. The van der Waals surface area contributed by atoms with Crippen LogP contribution in [0.1, 0.15) is 25.7 Å². The van der Waals surface area contributed by atoms with E-state index in [1.165, 1.54) is 0 Å². The summed E-state index contributed by atoms with van der Waals surface area (Å²) in [7, 11) is 0. The van der Waals surface area contributed by atoms with Gasteiger partial charge in [0.05, 0.1) is 25.7 Å². The molecule has 16 heteroatoms. The van der Waals surface area contributed by atoms with E-state index in [0.717, 1.165) is 0 Å². The number of hydrogen-bond donors (Lipinski definition) is 6. The van der Waals surface area contributed by atoms with Gasteiger partial charge < -0.3 is 41.6 Å². The topological polar surface area (TPSA) is 270 Å². The van der Waals surface area contributed by atoms with Crippen LogP contribution in [0.2, 0.25) is 0 Å². The Labute approximate surface area is 213 Å². The normalized spacial score (nSPS) is 8.04. The third kappa shape index (κ3) is 29.0. The van der Waals surface area contributed by atoms with Gasteiger partial charge in [-0.15, -0.1) is 0 Å². The summed E-state index contributed by atoms with van der Waals surface area (Å²) >= 11 is 0. The van der Waals surface area contributed by atoms with Gasteiger partial charge in [-0.05, 0) is 0 Å². The molecule has 0 saturated carbocycles. The van der Waals surface area contributed by atoms with Gasteiger partial charge in [-0.1, -0.05) is 0 Å². The van der Waals surface area contributed by atoms with E-state index in [-0.39, 0.29) is 112 Å². The van der Waals surface area contributed by atoms with Gasteiger partial charge >= 0.3 is 29.8 Å². The zero-order chi connectivity index (χ0) is 17.2. The molecule has 0 aliphatic heterocycles. The summed E-state index contributed by atoms with van der Waals surface area (Å²) in [5.41, 5.74) is -2.74. The van der Waals surface area contributed by atoms with Crippen molar-refractivity contribution in [1.29, 1.82) is 0 Å². The summed E-state index contributed by atoms with van der Waals surface area (Å²) < 4.78 is 0. The van der Waals surface area contributed by atoms with E-state index in [4.69, 9.17) is 30.6 Å². The Morgan fingerprint density at radius 3 is 0.923 bits per heavy atom. The second kappa shape index (κ2) is 23.3. The van der Waals surface area contributed by atoms with Crippen LogP contribution < -0.4 is 0 Å². The van der Waals surface area contributed by atoms with E-state index in [0.29, 0.717) is 0 Å². The van der Waals surface area contributed by atoms with Crippen molar-refractivity contribution in [2.45, 2.75) is 31.3 Å². The summed E-state index contributed by atoms with van der Waals surface area (Å²) in [6, 6.07) is 0. The standard InChI is InChI=1S/C6H8O7.C4H6O4.3Na.2H2O/c7-3(8)1-6(13,5(11)12)2-4(9)10;5-3(6)1-2-4(7)8;;;;;/h13H,1-2H2,(H,7,8)(H,9,10)(H,11,12);1-2H2,(H,5,6)(H,7,8);;;;2*1H2. The minimum Gasteiger partial charge on any atom is -0.481 e. The van der Waals surface area contributed by atoms with Crippen molar-refractivity contribution >= 4 is 119 Å². The molecule has 139 valence electrons. The number of carboxylic acids is 5. The molecule has 0 aromatic heterocycles. The van der Waals surface area contributed by atoms with Crippen molar-refractivity contribution in [3.05, 3.63) is 0 Å². The minimum atomic E-state index is -2.74. The molecule has 10 N–H and O–H groups in total. The van der Waals surface area contributed by atoms with Gasteiger partial charge in [-0.3, -0.25) is 19.2 Å². The average molecular weight is 415 g/mol. The Morgan fingerprint density at radius 1 is 0.577 bits per heavy atom. The first-order chi connectivity index (χ1) is 9.40. The number of rotatable bonds is 8. The van der Waals surface area contributed by atoms with Crippen LogP contribution in [-0.2, 0) is 24.0 Å². The first-order valence-electron chi connectivity index (χ1n) is 5.23. The summed E-state index contributed by atoms with van der Waals surface area (Å²) in [6.45, 7) is 0. The molecule has 0 aliphatic rings. The second-order valence-electron chi connectivity index (χ2n) is 3.77. The second-order valence-corrected chi connectivity index (χ2v) is 3.77. The fourth-order valence-electron chi connectivity index (χ4n) is 0.928. The van der Waals surface area contributed by atoms with E-state index in [2.05, 4.69) is 0 Å². The van der Waals surface area contributed by atoms with Crippen molar-refractivity contribution < 1.29 is 65.6 Å². The first-order valence-corrected chi connectivity index (χ1v) is 5.23. The molecule has 0 aromatic carbocycles. The zero-order valence-corrected chi connectivity index (χ0v) is 20.6. The van der Waals surface area contributed by atoms with E-state index in [9.17, 15) is 24.0 Å². The van der Waals surface area contributed by atoms with Crippen LogP contribution in [0, 0.1) is 0 Å². The van der Waals surface area contributed by atoms with Gasteiger partial charge in [-0.25, -0.2) is 4.79 Å². The molecule has 0 rings (SSSR count). The van der Waals surface area contributed by atoms with Gasteiger partial charge in [0.15, 0.2) is 5.60 Å². The molecule has 26 heavy (non-hydrogen) atoms. The van der Waals surface area contributed by atoms with Crippen LogP contribution in [0.25, 0.3) is 0 Å². The Kier molecular flexibility index (Phi) is 40.4. The molecular formula is C10H18Na3O13. The number of aliphatic hydroxyl groups is 1. The monoisotopic (exact) mass is 415 g/mol. The fourth-order valence-corrected chi connectivity index (χ4v) is 0.928. The molecule has 13 nitrogen and oxygen atoms in total. The molecule has 0 atom stereocenters. The van der Waals surface area contributed by atoms with Crippen LogP contribution in [0.4, 0.5) is 0 Å². The predicted molar refractivity (Wildman–Crippen MR) is 86.1 cm³/mol. The molecule has 0 bridgehead atoms. The summed E-state index contributed by atoms with van der Waals surface area (Å²) in [5.74, 6) is -7.17. The quantitative estimate of drug-likeness (QED) is 0.207. The zero-order valence-electron chi connectivity index (χ0n) is 14.6. The van der Waals surface area contributed by atoms with Crippen molar-refractivity contribution in [1.82, 2.24) is 0 Å². The Morgan fingerprint density at radius 2 is 0.808 bits per heavy atom. The Balaban J connectivity index is -0.0000000499. The van der Waals surface area contributed by atoms with E-state index in [1.807, 2.05) is 0 Å². The van der Waals surface area contributed by atoms with Gasteiger partial charge in [0.2, 0.25) is 0 Å². The maximum absolute atomic E-state index is 10.3. The van der Waals surface area contributed by atoms with Gasteiger partial charge in [0.1, 0.15) is 0 Å². The van der Waals surface area contributed by atoms with E-state index < -0.39 is 48.3 Å². The van der Waals surface area contributed by atoms with Gasteiger partial charge in [0, 0.05) is 88.7 Å². The van der Waals surface area contributed by atoms with Gasteiger partial charge in [-0.2, -0.15) is 0 Å². The van der Waals surface area contributed by atoms with Crippen molar-refractivity contribution in [2.75, 3.05) is 0 Å². The van der Waals surface area contributed by atoms with E-state index in [1.54, 1.807) is 0 Å². The molecule has 3 radical (unpaired) electrons. The van der Waals surface area contributed by atoms with Crippen LogP contribution >= 0.6 is 0 Å². The Hall–Kier alpha value is 0.230.